The summed E-state index contributed by atoms with van der Waals surface area (Å²) in [6, 6.07) is 0. The molecule has 0 spiro atoms. The number of halogens is 1. The molecule has 4 heteroatoms. The number of hydrogen-bond donors (Lipinski definition) is 0. The van der Waals surface area contributed by atoms with Gasteiger partial charge in [-0.05, 0) is 26.2 Å². The molecule has 1 aliphatic heterocycles. The molecular weight excluding hydrogens is 289 g/mol. The van der Waals surface area contributed by atoms with Gasteiger partial charge in [0, 0.05) is 47.4 Å². The molecule has 0 unspecified atom stereocenters. The predicted molar refractivity (Wildman–Crippen MR) is 65.6 cm³/mol. The fourth-order valence-electron chi connectivity index (χ4n) is 1.84. The Labute approximate surface area is 98.1 Å². The van der Waals surface area contributed by atoms with Crippen LogP contribution in [-0.2, 0) is 0 Å². The van der Waals surface area contributed by atoms with E-state index in [2.05, 4.69) is 44.4 Å². The summed E-state index contributed by atoms with van der Waals surface area (Å²) >= 11 is 2.17. The smallest absolute Gasteiger partial charge is 0.192 e. The number of anilines is 1. The molecule has 0 atom stereocenters. The zero-order chi connectivity index (χ0) is 9.97. The number of nitrogens with zero attached hydrogens (tertiary/aromatic N) is 3. The highest BCUT2D eigenvalue weighted by Crippen LogP contribution is 2.21. The highest BCUT2D eigenvalue weighted by Gasteiger charge is 2.14. The standard InChI is InChI=1S/C10H14IN3/c1-8-7-12-10(11)13-9(8)14-5-3-2-4-6-14/h7H,2-6H2,1H3. The molecule has 0 bridgehead atoms. The van der Waals surface area contributed by atoms with Crippen LogP contribution in [0.25, 0.3) is 0 Å². The second-order valence-electron chi connectivity index (χ2n) is 3.69. The first-order chi connectivity index (χ1) is 6.77. The van der Waals surface area contributed by atoms with Crippen LogP contribution < -0.4 is 4.90 Å². The maximum atomic E-state index is 4.50. The fraction of sp³-hybridized carbons (Fsp3) is 0.600. The lowest BCUT2D eigenvalue weighted by molar-refractivity contribution is 0.571. The Morgan fingerprint density at radius 2 is 2.00 bits per heavy atom. The number of rotatable bonds is 1. The normalized spacial score (nSPS) is 17.1. The van der Waals surface area contributed by atoms with Crippen LogP contribution in [0.2, 0.25) is 0 Å². The zero-order valence-electron chi connectivity index (χ0n) is 8.33. The van der Waals surface area contributed by atoms with Crippen molar-refractivity contribution in [2.45, 2.75) is 26.2 Å². The second-order valence-corrected chi connectivity index (χ2v) is 4.66. The van der Waals surface area contributed by atoms with Gasteiger partial charge < -0.3 is 4.90 Å². The molecule has 14 heavy (non-hydrogen) atoms. The average Bonchev–Trinajstić information content (AvgIpc) is 2.23. The highest BCUT2D eigenvalue weighted by molar-refractivity contribution is 14.1. The molecule has 1 aromatic rings. The Morgan fingerprint density at radius 3 is 2.71 bits per heavy atom. The molecule has 0 aromatic carbocycles. The largest absolute Gasteiger partial charge is 0.356 e. The van der Waals surface area contributed by atoms with E-state index in [0.717, 1.165) is 22.7 Å². The van der Waals surface area contributed by atoms with E-state index in [4.69, 9.17) is 0 Å². The summed E-state index contributed by atoms with van der Waals surface area (Å²) < 4.78 is 0.841. The first-order valence-corrected chi connectivity index (χ1v) is 6.09. The van der Waals surface area contributed by atoms with Crippen molar-refractivity contribution in [2.75, 3.05) is 18.0 Å². The Balaban J connectivity index is 2.24. The number of hydrogen-bond acceptors (Lipinski definition) is 3. The van der Waals surface area contributed by atoms with Crippen LogP contribution in [0.1, 0.15) is 24.8 Å². The third kappa shape index (κ3) is 2.16. The zero-order valence-corrected chi connectivity index (χ0v) is 10.5. The lowest BCUT2D eigenvalue weighted by Crippen LogP contribution is -2.31. The molecule has 1 aliphatic rings. The van der Waals surface area contributed by atoms with Gasteiger partial charge in [0.05, 0.1) is 0 Å². The second kappa shape index (κ2) is 4.42. The maximum Gasteiger partial charge on any atom is 0.192 e. The summed E-state index contributed by atoms with van der Waals surface area (Å²) in [5.74, 6) is 1.13. The minimum absolute atomic E-state index is 0.841. The average molecular weight is 303 g/mol. The maximum absolute atomic E-state index is 4.50. The molecule has 2 heterocycles. The van der Waals surface area contributed by atoms with Crippen molar-refractivity contribution in [3.63, 3.8) is 0 Å². The van der Waals surface area contributed by atoms with Crippen molar-refractivity contribution >= 4 is 28.4 Å². The number of piperidine rings is 1. The molecule has 3 nitrogen and oxygen atoms in total. The quantitative estimate of drug-likeness (QED) is 0.589. The van der Waals surface area contributed by atoms with Gasteiger partial charge in [0.15, 0.2) is 3.83 Å². The molecule has 1 saturated heterocycles. The summed E-state index contributed by atoms with van der Waals surface area (Å²) in [6.45, 7) is 4.38. The van der Waals surface area contributed by atoms with E-state index >= 15 is 0 Å². The summed E-state index contributed by atoms with van der Waals surface area (Å²) in [7, 11) is 0. The van der Waals surface area contributed by atoms with Gasteiger partial charge in [0.1, 0.15) is 5.82 Å². The Hall–Kier alpha value is -0.390. The molecule has 0 saturated carbocycles. The van der Waals surface area contributed by atoms with E-state index in [0.29, 0.717) is 0 Å². The van der Waals surface area contributed by atoms with Crippen molar-refractivity contribution in [3.05, 3.63) is 15.6 Å². The van der Waals surface area contributed by atoms with Crippen LogP contribution in [0.5, 0.6) is 0 Å². The van der Waals surface area contributed by atoms with Gasteiger partial charge in [-0.25, -0.2) is 9.97 Å². The first-order valence-electron chi connectivity index (χ1n) is 5.01. The van der Waals surface area contributed by atoms with Gasteiger partial charge in [0.2, 0.25) is 0 Å². The van der Waals surface area contributed by atoms with Gasteiger partial charge in [0.25, 0.3) is 0 Å². The number of aromatic nitrogens is 2. The molecule has 2 rings (SSSR count). The van der Waals surface area contributed by atoms with Crippen molar-refractivity contribution in [2.24, 2.45) is 0 Å². The lowest BCUT2D eigenvalue weighted by Gasteiger charge is -2.28. The van der Waals surface area contributed by atoms with Gasteiger partial charge in [-0.15, -0.1) is 0 Å². The molecule has 0 aliphatic carbocycles. The third-order valence-electron chi connectivity index (χ3n) is 2.57. The molecular formula is C10H14IN3. The minimum atomic E-state index is 0.841. The van der Waals surface area contributed by atoms with Gasteiger partial charge in [-0.3, -0.25) is 0 Å². The van der Waals surface area contributed by atoms with Crippen molar-refractivity contribution in [1.82, 2.24) is 9.97 Å². The minimum Gasteiger partial charge on any atom is -0.356 e. The molecule has 0 amide bonds. The monoisotopic (exact) mass is 303 g/mol. The Morgan fingerprint density at radius 1 is 1.29 bits per heavy atom. The topological polar surface area (TPSA) is 29.0 Å². The lowest BCUT2D eigenvalue weighted by atomic mass is 10.1. The predicted octanol–water partition coefficient (Wildman–Crippen LogP) is 2.38. The molecule has 1 aromatic heterocycles. The first kappa shape index (κ1) is 10.1. The van der Waals surface area contributed by atoms with Crippen LogP contribution in [0.3, 0.4) is 0 Å². The van der Waals surface area contributed by atoms with Crippen molar-refractivity contribution in [3.8, 4) is 0 Å². The Bertz CT molecular complexity index is 321. The van der Waals surface area contributed by atoms with Crippen molar-refractivity contribution < 1.29 is 0 Å². The summed E-state index contributed by atoms with van der Waals surface area (Å²) in [6.07, 6.45) is 5.86. The Kier molecular flexibility index (Phi) is 3.20. The van der Waals surface area contributed by atoms with E-state index in [1.165, 1.54) is 24.8 Å². The van der Waals surface area contributed by atoms with E-state index in [-0.39, 0.29) is 0 Å². The summed E-state index contributed by atoms with van der Waals surface area (Å²) in [5, 5.41) is 0. The molecule has 1 fully saturated rings. The summed E-state index contributed by atoms with van der Waals surface area (Å²) in [4.78, 5) is 11.1. The van der Waals surface area contributed by atoms with E-state index in [1.54, 1.807) is 0 Å². The third-order valence-corrected chi connectivity index (χ3v) is 3.09. The van der Waals surface area contributed by atoms with Gasteiger partial charge in [-0.2, -0.15) is 0 Å². The molecule has 0 N–H and O–H groups in total. The van der Waals surface area contributed by atoms with E-state index in [1.807, 2.05) is 6.20 Å². The van der Waals surface area contributed by atoms with Crippen molar-refractivity contribution in [1.29, 1.82) is 0 Å². The number of aryl methyl sites for hydroxylation is 1. The van der Waals surface area contributed by atoms with Crippen LogP contribution in [0, 0.1) is 10.8 Å². The van der Waals surface area contributed by atoms with E-state index < -0.39 is 0 Å². The van der Waals surface area contributed by atoms with Crippen LogP contribution >= 0.6 is 22.6 Å². The SMILES string of the molecule is Cc1cnc(I)nc1N1CCCCC1. The van der Waals surface area contributed by atoms with Gasteiger partial charge >= 0.3 is 0 Å². The summed E-state index contributed by atoms with van der Waals surface area (Å²) in [5.41, 5.74) is 1.19. The molecule has 76 valence electrons. The van der Waals surface area contributed by atoms with Crippen LogP contribution in [0.15, 0.2) is 6.20 Å². The van der Waals surface area contributed by atoms with Gasteiger partial charge in [-0.1, -0.05) is 0 Å². The molecule has 0 radical (unpaired) electrons. The highest BCUT2D eigenvalue weighted by atomic mass is 127. The fourth-order valence-corrected chi connectivity index (χ4v) is 2.21. The van der Waals surface area contributed by atoms with Crippen LogP contribution in [0.4, 0.5) is 5.82 Å². The van der Waals surface area contributed by atoms with E-state index in [9.17, 15) is 0 Å². The van der Waals surface area contributed by atoms with Crippen LogP contribution in [-0.4, -0.2) is 23.1 Å².